The number of ketones is 1. The lowest BCUT2D eigenvalue weighted by atomic mass is 10.1. The van der Waals surface area contributed by atoms with E-state index in [-0.39, 0.29) is 5.78 Å². The van der Waals surface area contributed by atoms with Crippen molar-refractivity contribution in [2.75, 3.05) is 0 Å². The van der Waals surface area contributed by atoms with Gasteiger partial charge in [0, 0.05) is 11.5 Å². The molecule has 1 aromatic heterocycles. The molecule has 24 heavy (non-hydrogen) atoms. The summed E-state index contributed by atoms with van der Waals surface area (Å²) in [7, 11) is 0. The molecular weight excluding hydrogens is 313 g/mol. The van der Waals surface area contributed by atoms with Crippen molar-refractivity contribution in [3.8, 4) is 11.3 Å². The van der Waals surface area contributed by atoms with Crippen molar-refractivity contribution in [1.29, 1.82) is 0 Å². The van der Waals surface area contributed by atoms with E-state index in [1.807, 2.05) is 43.3 Å². The molecule has 1 heterocycles. The lowest BCUT2D eigenvalue weighted by Gasteiger charge is -2.11. The highest BCUT2D eigenvalue weighted by atomic mass is 27.1. The molecule has 3 aromatic rings. The Kier molecular flexibility index (Phi) is 5.10. The van der Waals surface area contributed by atoms with Crippen molar-refractivity contribution in [3.63, 3.8) is 0 Å². The van der Waals surface area contributed by atoms with Crippen molar-refractivity contribution in [2.45, 2.75) is 13.8 Å². The topological polar surface area (TPSA) is 39.2 Å². The van der Waals surface area contributed by atoms with E-state index in [9.17, 15) is 4.79 Å². The average Bonchev–Trinajstić information content (AvgIpc) is 2.59. The number of carbonyl (C=O) groups is 1. The van der Waals surface area contributed by atoms with Crippen LogP contribution in [0, 0.1) is 0 Å². The molecule has 1 radical (unpaired) electrons. The minimum atomic E-state index is -0.431. The van der Waals surface area contributed by atoms with Crippen LogP contribution < -0.4 is 4.43 Å². The summed E-state index contributed by atoms with van der Waals surface area (Å²) in [4.78, 5) is 15.9. The Morgan fingerprint density at radius 1 is 1.00 bits per heavy atom. The fraction of sp³-hybridized carbons (Fsp3) is 0.100. The Hall–Kier alpha value is -2.41. The van der Waals surface area contributed by atoms with Crippen molar-refractivity contribution >= 4 is 36.7 Å². The molecule has 0 amide bonds. The van der Waals surface area contributed by atoms with Crippen LogP contribution in [-0.2, 0) is 8.58 Å². The monoisotopic (exact) mass is 330 g/mol. The standard InChI is InChI=1S/C15H10N.C5H8O2.Al/c1-2-6-12(7-3-1)15-11-10-13-8-4-5-9-14(13)16-15;1-4(6)3-5(2)7;/h1-6,8-11H;3,6H,1-2H3;/q;;+1/p-1/b;4-3-;. The van der Waals surface area contributed by atoms with Crippen LogP contribution in [0.15, 0.2) is 72.5 Å². The van der Waals surface area contributed by atoms with Gasteiger partial charge in [-0.05, 0) is 31.5 Å². The molecule has 117 valence electrons. The lowest BCUT2D eigenvalue weighted by molar-refractivity contribution is -0.112. The molecule has 0 saturated heterocycles. The maximum atomic E-state index is 11.1. The zero-order valence-electron chi connectivity index (χ0n) is 13.7. The zero-order chi connectivity index (χ0) is 16.9. The van der Waals surface area contributed by atoms with E-state index in [1.54, 1.807) is 0 Å². The Balaban J connectivity index is 1.91. The molecule has 2 aromatic carbocycles. The van der Waals surface area contributed by atoms with Crippen LogP contribution in [0.5, 0.6) is 0 Å². The lowest BCUT2D eigenvalue weighted by Crippen LogP contribution is -2.19. The molecule has 0 aliphatic heterocycles. The number of hydrogen-bond donors (Lipinski definition) is 0. The summed E-state index contributed by atoms with van der Waals surface area (Å²) < 4.78 is 6.91. The van der Waals surface area contributed by atoms with Gasteiger partial charge in [-0.3, -0.25) is 4.79 Å². The number of pyridine rings is 1. The minimum Gasteiger partial charge on any atom is -0.648 e. The van der Waals surface area contributed by atoms with Crippen LogP contribution in [0.4, 0.5) is 0 Å². The second-order valence-electron chi connectivity index (χ2n) is 5.58. The third-order valence-electron chi connectivity index (χ3n) is 3.61. The average molecular weight is 330 g/mol. The van der Waals surface area contributed by atoms with E-state index < -0.39 is 15.6 Å². The fourth-order valence-corrected chi connectivity index (χ4v) is 3.47. The van der Waals surface area contributed by atoms with Crippen molar-refractivity contribution in [2.24, 2.45) is 0 Å². The molecule has 4 heteroatoms. The van der Waals surface area contributed by atoms with E-state index in [0.717, 1.165) is 26.6 Å². The van der Waals surface area contributed by atoms with E-state index in [1.165, 1.54) is 13.0 Å². The normalized spacial score (nSPS) is 11.3. The quantitative estimate of drug-likeness (QED) is 0.407. The highest BCUT2D eigenvalue weighted by Crippen LogP contribution is 2.19. The number of rotatable bonds is 5. The first-order valence-corrected chi connectivity index (χ1v) is 8.82. The van der Waals surface area contributed by atoms with Crippen LogP contribution in [0.25, 0.3) is 22.2 Å². The first kappa shape index (κ1) is 16.5. The molecule has 0 atom stereocenters. The number of allylic oxidation sites excluding steroid dienone is 2. The molecule has 0 aliphatic rings. The van der Waals surface area contributed by atoms with Gasteiger partial charge in [0.15, 0.2) is 5.78 Å². The summed E-state index contributed by atoms with van der Waals surface area (Å²) in [6.45, 7) is 3.33. The first-order chi connectivity index (χ1) is 11.6. The summed E-state index contributed by atoms with van der Waals surface area (Å²) in [6.07, 6.45) is 1.52. The van der Waals surface area contributed by atoms with Crippen LogP contribution in [0.1, 0.15) is 13.8 Å². The maximum absolute atomic E-state index is 11.1. The minimum absolute atomic E-state index is 0.00335. The number of para-hydroxylation sites is 1. The second-order valence-corrected chi connectivity index (χ2v) is 6.67. The van der Waals surface area contributed by atoms with Crippen LogP contribution in [-0.4, -0.2) is 26.3 Å². The van der Waals surface area contributed by atoms with Gasteiger partial charge in [-0.25, -0.2) is 4.98 Å². The second kappa shape index (κ2) is 7.44. The Morgan fingerprint density at radius 2 is 1.75 bits per heavy atom. The summed E-state index contributed by atoms with van der Waals surface area (Å²) >= 11 is -0.431. The van der Waals surface area contributed by atoms with Gasteiger partial charge < -0.3 is 3.79 Å². The van der Waals surface area contributed by atoms with E-state index in [4.69, 9.17) is 8.77 Å². The molecule has 0 N–H and O–H groups in total. The van der Waals surface area contributed by atoms with Gasteiger partial charge in [-0.1, -0.05) is 53.0 Å². The molecule has 0 unspecified atom stereocenters. The maximum Gasteiger partial charge on any atom is 0.571 e. The van der Waals surface area contributed by atoms with Crippen molar-refractivity contribution in [3.05, 3.63) is 72.5 Å². The van der Waals surface area contributed by atoms with E-state index >= 15 is 0 Å². The van der Waals surface area contributed by atoms with Gasteiger partial charge in [0.2, 0.25) is 0 Å². The summed E-state index contributed by atoms with van der Waals surface area (Å²) in [6, 6.07) is 20.3. The molecular formula is C20H17AlNO2. The van der Waals surface area contributed by atoms with Crippen LogP contribution in [0.2, 0.25) is 0 Å². The number of hydrogen-bond acceptors (Lipinski definition) is 3. The number of fused-ring (bicyclic) bond motifs is 1. The smallest absolute Gasteiger partial charge is 0.571 e. The van der Waals surface area contributed by atoms with Gasteiger partial charge in [0.25, 0.3) is 0 Å². The van der Waals surface area contributed by atoms with Crippen molar-refractivity contribution < 1.29 is 8.58 Å². The van der Waals surface area contributed by atoms with Gasteiger partial charge in [-0.2, -0.15) is 0 Å². The van der Waals surface area contributed by atoms with Crippen molar-refractivity contribution in [1.82, 2.24) is 4.98 Å². The zero-order valence-corrected chi connectivity index (χ0v) is 14.8. The third kappa shape index (κ3) is 3.92. The molecule has 0 spiro atoms. The predicted octanol–water partition coefficient (Wildman–Crippen LogP) is 3.66. The largest absolute Gasteiger partial charge is 0.648 e. The number of benzene rings is 2. The Bertz CT molecular complexity index is 918. The van der Waals surface area contributed by atoms with E-state index in [2.05, 4.69) is 24.3 Å². The summed E-state index contributed by atoms with van der Waals surface area (Å²) in [5.74, 6) is 0.648. The van der Waals surface area contributed by atoms with Gasteiger partial charge in [-0.15, -0.1) is 0 Å². The molecule has 3 nitrogen and oxygen atoms in total. The summed E-state index contributed by atoms with van der Waals surface area (Å²) in [5, 5.41) is 1.13. The molecule has 0 aliphatic carbocycles. The SMILES string of the molecule is CC(=O)/C=C(/C)[O][Al][c]1ccccc1-c1ccc2ccccc2n1. The molecule has 0 bridgehead atoms. The molecule has 0 saturated carbocycles. The Morgan fingerprint density at radius 3 is 2.58 bits per heavy atom. The number of nitrogens with zero attached hydrogens (tertiary/aromatic N) is 1. The first-order valence-electron chi connectivity index (χ1n) is 7.77. The number of aromatic nitrogens is 1. The highest BCUT2D eigenvalue weighted by molar-refractivity contribution is 6.49. The fourth-order valence-electron chi connectivity index (χ4n) is 2.53. The van der Waals surface area contributed by atoms with Gasteiger partial charge in [0.05, 0.1) is 17.0 Å². The van der Waals surface area contributed by atoms with Crippen LogP contribution >= 0.6 is 0 Å². The number of carbonyl (C=O) groups excluding carboxylic acids is 1. The molecule has 3 rings (SSSR count). The Labute approximate surface area is 148 Å². The molecule has 0 fully saturated rings. The van der Waals surface area contributed by atoms with Crippen LogP contribution in [0.3, 0.4) is 0 Å². The third-order valence-corrected chi connectivity index (χ3v) is 4.86. The van der Waals surface area contributed by atoms with Gasteiger partial charge in [0.1, 0.15) is 0 Å². The predicted molar refractivity (Wildman–Crippen MR) is 98.1 cm³/mol. The van der Waals surface area contributed by atoms with E-state index in [0.29, 0.717) is 5.76 Å². The highest BCUT2D eigenvalue weighted by Gasteiger charge is 2.11. The van der Waals surface area contributed by atoms with Gasteiger partial charge >= 0.3 is 15.6 Å². The summed E-state index contributed by atoms with van der Waals surface area (Å²) in [5.41, 5.74) is 3.00.